The number of esters is 1. The second-order valence-corrected chi connectivity index (χ2v) is 20.6. The molecule has 3 aliphatic heterocycles. The van der Waals surface area contributed by atoms with Crippen LogP contribution in [-0.4, -0.2) is 174 Å². The number of aliphatic hydroxyl groups excluding tert-OH is 5. The van der Waals surface area contributed by atoms with Crippen LogP contribution in [0, 0.1) is 12.7 Å². The lowest BCUT2D eigenvalue weighted by Gasteiger charge is -2.31. The van der Waals surface area contributed by atoms with Gasteiger partial charge in [-0.15, -0.1) is 0 Å². The Balaban J connectivity index is 0.894. The topological polar surface area (TPSA) is 416 Å². The summed E-state index contributed by atoms with van der Waals surface area (Å²) < 4.78 is 27.8. The normalized spacial score (nSPS) is 17.5. The number of rotatable bonds is 28. The minimum atomic E-state index is -2.00. The van der Waals surface area contributed by atoms with E-state index in [0.29, 0.717) is 68.8 Å². The average Bonchev–Trinajstić information content (AvgIpc) is 1.87. The van der Waals surface area contributed by atoms with Crippen molar-refractivity contribution in [3.63, 3.8) is 0 Å². The summed E-state index contributed by atoms with van der Waals surface area (Å²) in [4.78, 5) is 134. The molecule has 4 aromatic rings. The number of benzene rings is 2. The number of imide groups is 1. The van der Waals surface area contributed by atoms with Crippen LogP contribution >= 0.6 is 0 Å². The Morgan fingerprint density at radius 1 is 0.847 bits per heavy atom. The molecule has 5 heterocycles. The molecule has 3 aliphatic rings. The van der Waals surface area contributed by atoms with Gasteiger partial charge in [-0.1, -0.05) is 37.3 Å². The van der Waals surface area contributed by atoms with Gasteiger partial charge in [-0.3, -0.25) is 38.4 Å². The SMILES string of the molecule is CC[C@@]1(O)C(=O)OCc2c1cc1n(c2=O)Cc2cc3c(CCCCOCNC(=O)[C@H](C)NC(=O)[C@H](Cc4ccccc4)NC(=O)CNC(=O)[C@H](CCC(=O)NC[C@H](O)[C@@H](O)[C@H](O)[C@H](O)CO)NC(=O)NN4C(=O)C=CC4=O)c(C)c(F)cc3nc2-1. The van der Waals surface area contributed by atoms with Crippen LogP contribution in [0.2, 0.25) is 0 Å². The van der Waals surface area contributed by atoms with Crippen LogP contribution in [-0.2, 0) is 79.4 Å². The first-order valence-electron chi connectivity index (χ1n) is 27.2. The van der Waals surface area contributed by atoms with Crippen LogP contribution in [0.1, 0.15) is 79.3 Å². The number of aryl methyl sites for hydroxylation is 1. The number of aliphatic hydroxyl groups is 6. The number of ether oxygens (including phenoxy) is 2. The van der Waals surface area contributed by atoms with E-state index in [9.17, 15) is 73.5 Å². The zero-order chi connectivity index (χ0) is 61.9. The maximum atomic E-state index is 15.5. The lowest BCUT2D eigenvalue weighted by Crippen LogP contribution is -2.57. The average molecular weight is 1190 g/mol. The predicted molar refractivity (Wildman–Crippen MR) is 294 cm³/mol. The van der Waals surface area contributed by atoms with Gasteiger partial charge in [0.05, 0.1) is 48.3 Å². The zero-order valence-corrected chi connectivity index (χ0v) is 46.5. The highest BCUT2D eigenvalue weighted by Crippen LogP contribution is 2.39. The van der Waals surface area contributed by atoms with Gasteiger partial charge in [0.15, 0.2) is 5.60 Å². The second kappa shape index (κ2) is 28.3. The fraction of sp³-hybridized carbons (Fsp3) is 0.446. The first kappa shape index (κ1) is 64.0. The maximum absolute atomic E-state index is 15.5. The van der Waals surface area contributed by atoms with Gasteiger partial charge in [-0.05, 0) is 74.8 Å². The molecule has 0 bridgehead atoms. The Labute approximate surface area is 484 Å². The first-order valence-corrected chi connectivity index (χ1v) is 27.2. The number of urea groups is 1. The lowest BCUT2D eigenvalue weighted by atomic mass is 9.86. The number of nitrogens with zero attached hydrogens (tertiary/aromatic N) is 3. The number of hydrogen-bond acceptors (Lipinski definition) is 19. The molecular weight excluding hydrogens is 1120 g/mol. The van der Waals surface area contributed by atoms with Crippen LogP contribution in [0.4, 0.5) is 9.18 Å². The van der Waals surface area contributed by atoms with Gasteiger partial charge in [0.1, 0.15) is 55.6 Å². The summed E-state index contributed by atoms with van der Waals surface area (Å²) in [6, 6.07) is 7.91. The third-order valence-corrected chi connectivity index (χ3v) is 14.7. The van der Waals surface area contributed by atoms with Gasteiger partial charge >= 0.3 is 12.0 Å². The zero-order valence-electron chi connectivity index (χ0n) is 46.5. The van der Waals surface area contributed by atoms with Crippen LogP contribution in [0.5, 0.6) is 0 Å². The van der Waals surface area contributed by atoms with Gasteiger partial charge in [0.2, 0.25) is 29.5 Å². The Morgan fingerprint density at radius 3 is 2.25 bits per heavy atom. The van der Waals surface area contributed by atoms with Crippen molar-refractivity contribution in [2.45, 2.75) is 127 Å². The molecule has 0 unspecified atom stereocenters. The van der Waals surface area contributed by atoms with E-state index in [2.05, 4.69) is 31.9 Å². The van der Waals surface area contributed by atoms with E-state index in [4.69, 9.17) is 19.6 Å². The van der Waals surface area contributed by atoms with E-state index in [0.717, 1.165) is 12.2 Å². The van der Waals surface area contributed by atoms with Crippen molar-refractivity contribution in [3.05, 3.63) is 110 Å². The summed E-state index contributed by atoms with van der Waals surface area (Å²) in [5.74, 6) is -7.40. The van der Waals surface area contributed by atoms with Crippen molar-refractivity contribution in [1.82, 2.24) is 51.9 Å². The minimum Gasteiger partial charge on any atom is -0.458 e. The number of unbranched alkanes of at least 4 members (excludes halogenated alkanes) is 1. The first-order chi connectivity index (χ1) is 40.4. The van der Waals surface area contributed by atoms with E-state index < -0.39 is 145 Å². The molecule has 13 N–H and O–H groups in total. The number of amides is 9. The molecule has 7 rings (SSSR count). The number of carbonyl (C=O) groups is 9. The summed E-state index contributed by atoms with van der Waals surface area (Å²) >= 11 is 0. The van der Waals surface area contributed by atoms with E-state index >= 15 is 4.39 Å². The van der Waals surface area contributed by atoms with Crippen molar-refractivity contribution in [2.24, 2.45) is 0 Å². The molecule has 456 valence electrons. The smallest absolute Gasteiger partial charge is 0.343 e. The number of aromatic nitrogens is 2. The van der Waals surface area contributed by atoms with Crippen molar-refractivity contribution >= 4 is 64.3 Å². The lowest BCUT2D eigenvalue weighted by molar-refractivity contribution is -0.172. The Morgan fingerprint density at radius 2 is 1.55 bits per heavy atom. The number of fused-ring (bicyclic) bond motifs is 5. The summed E-state index contributed by atoms with van der Waals surface area (Å²) in [5.41, 5.74) is 3.53. The summed E-state index contributed by atoms with van der Waals surface area (Å²) in [5, 5.41) is 75.3. The molecular formula is C56H67FN10O18. The monoisotopic (exact) mass is 1190 g/mol. The van der Waals surface area contributed by atoms with Crippen molar-refractivity contribution in [3.8, 4) is 11.4 Å². The minimum absolute atomic E-state index is 0.0173. The largest absolute Gasteiger partial charge is 0.458 e. The van der Waals surface area contributed by atoms with Crippen LogP contribution in [0.25, 0.3) is 22.3 Å². The molecule has 9 amide bonds. The van der Waals surface area contributed by atoms with E-state index in [1.165, 1.54) is 17.6 Å². The molecule has 28 nitrogen and oxygen atoms in total. The van der Waals surface area contributed by atoms with Crippen molar-refractivity contribution < 1.29 is 87.7 Å². The number of pyridine rings is 2. The third-order valence-electron chi connectivity index (χ3n) is 14.7. The second-order valence-electron chi connectivity index (χ2n) is 20.6. The molecule has 0 radical (unpaired) electrons. The highest BCUT2D eigenvalue weighted by atomic mass is 19.1. The maximum Gasteiger partial charge on any atom is 0.343 e. The van der Waals surface area contributed by atoms with E-state index in [-0.39, 0.29) is 50.5 Å². The van der Waals surface area contributed by atoms with Gasteiger partial charge in [0.25, 0.3) is 17.4 Å². The van der Waals surface area contributed by atoms with Gasteiger partial charge < -0.3 is 76.6 Å². The molecule has 29 heteroatoms. The Kier molecular flexibility index (Phi) is 21.3. The molecule has 0 saturated heterocycles. The Bertz CT molecular complexity index is 3310. The van der Waals surface area contributed by atoms with Crippen LogP contribution in [0.15, 0.2) is 65.5 Å². The van der Waals surface area contributed by atoms with Crippen LogP contribution in [0.3, 0.4) is 0 Å². The Hall–Kier alpha value is -8.58. The van der Waals surface area contributed by atoms with Crippen molar-refractivity contribution in [2.75, 3.05) is 33.0 Å². The molecule has 0 saturated carbocycles. The number of nitrogens with one attached hydrogen (secondary N) is 7. The standard InChI is InChI=1S/C56H67FN10O18/c1-4-56(83)35-20-40-47-31(24-66(40)53(80)34(35)26-85-54(56)81)19-33-32(28(2)36(57)21-38(33)63-47)12-8-9-17-84-27-60-50(77)29(3)61-52(79)39(18-30-10-6-5-7-11-30)62-44(72)23-59-51(78)37(64-55(82)65-67-45(73)15-16-46(67)74)13-14-43(71)58-22-41(69)48(75)49(76)42(70)25-68/h5-7,10-11,15-16,19-21,29,37,39,41-42,48-49,68-70,75-76,83H,4,8-9,12-14,17-18,22-27H2,1-3H3,(H,58,71)(H,59,78)(H,60,77)(H,61,79)(H,62,72)(H2,64,65,82)/t29-,37-,39-,41-,42+,48+,49+,56-/m0/s1. The highest BCUT2D eigenvalue weighted by Gasteiger charge is 2.45. The van der Waals surface area contributed by atoms with Gasteiger partial charge in [0, 0.05) is 60.7 Å². The number of cyclic esters (lactones) is 1. The van der Waals surface area contributed by atoms with Gasteiger partial charge in [-0.2, -0.15) is 5.01 Å². The molecule has 8 atom stereocenters. The molecule has 0 aliphatic carbocycles. The molecule has 2 aromatic heterocycles. The van der Waals surface area contributed by atoms with E-state index in [1.807, 2.05) is 11.5 Å². The number of hydrogen-bond donors (Lipinski definition) is 13. The van der Waals surface area contributed by atoms with E-state index in [1.54, 1.807) is 50.2 Å². The fourth-order valence-electron chi connectivity index (χ4n) is 9.75. The number of hydrazine groups is 1. The predicted octanol–water partition coefficient (Wildman–Crippen LogP) is -2.87. The number of carbonyl (C=O) groups excluding carboxylic acids is 9. The van der Waals surface area contributed by atoms with Gasteiger partial charge in [-0.25, -0.2) is 24.4 Å². The molecule has 0 fully saturated rings. The summed E-state index contributed by atoms with van der Waals surface area (Å²) in [6.07, 6.45) is -5.57. The fourth-order valence-corrected chi connectivity index (χ4v) is 9.75. The third kappa shape index (κ3) is 15.2. The highest BCUT2D eigenvalue weighted by molar-refractivity contribution is 6.13. The quantitative estimate of drug-likeness (QED) is 0.0104. The molecule has 85 heavy (non-hydrogen) atoms. The molecule has 2 aromatic carbocycles. The summed E-state index contributed by atoms with van der Waals surface area (Å²) in [6.45, 7) is 2.09. The molecule has 0 spiro atoms. The van der Waals surface area contributed by atoms with Crippen molar-refractivity contribution in [1.29, 1.82) is 0 Å². The number of halogens is 1. The van der Waals surface area contributed by atoms with Crippen LogP contribution < -0.4 is 42.9 Å². The summed E-state index contributed by atoms with van der Waals surface area (Å²) in [7, 11) is 0.